The number of hydrogen-bond acceptors (Lipinski definition) is 6. The maximum atomic E-state index is 12.5. The van der Waals surface area contributed by atoms with Gasteiger partial charge in [-0.25, -0.2) is 4.57 Å². The second-order valence-corrected chi connectivity index (χ2v) is 18.4. The molecule has 0 fully saturated rings. The minimum absolute atomic E-state index is 0.206. The highest BCUT2D eigenvalue weighted by Crippen LogP contribution is 2.36. The van der Waals surface area contributed by atoms with Crippen LogP contribution in [0.5, 0.6) is 0 Å². The molecule has 1 atom stereocenters. The quantitative estimate of drug-likeness (QED) is 0.0269. The summed E-state index contributed by atoms with van der Waals surface area (Å²) >= 11 is 0. The second-order valence-electron chi connectivity index (χ2n) is 17.2. The lowest BCUT2D eigenvalue weighted by molar-refractivity contribution is -0.161. The Morgan fingerprint density at radius 3 is 1.14 bits per heavy atom. The molecular weight excluding hydrogens is 760 g/mol. The molecule has 0 amide bonds. The van der Waals surface area contributed by atoms with E-state index in [4.69, 9.17) is 19.3 Å². The molecule has 1 unspecified atom stereocenters. The van der Waals surface area contributed by atoms with Gasteiger partial charge in [0, 0.05) is 12.8 Å². The van der Waals surface area contributed by atoms with Crippen molar-refractivity contribution in [2.24, 2.45) is 0 Å². The minimum Gasteiger partial charge on any atom is -0.462 e. The van der Waals surface area contributed by atoms with Gasteiger partial charge in [-0.2, -0.15) is 0 Å². The van der Waals surface area contributed by atoms with E-state index in [0.717, 1.165) is 51.4 Å². The van der Waals surface area contributed by atoms with E-state index in [2.05, 4.69) is 42.7 Å². The summed E-state index contributed by atoms with van der Waals surface area (Å²) in [4.78, 5) is 43.1. The fourth-order valence-corrected chi connectivity index (χ4v) is 7.83. The first-order valence-electron chi connectivity index (χ1n) is 25.1. The molecule has 0 saturated carbocycles. The van der Waals surface area contributed by atoms with E-state index >= 15 is 0 Å². The van der Waals surface area contributed by atoms with Crippen molar-refractivity contribution >= 4 is 19.8 Å². The van der Waals surface area contributed by atoms with Crippen molar-refractivity contribution in [2.75, 3.05) is 13.2 Å². The molecule has 9 heteroatoms. The van der Waals surface area contributed by atoms with Gasteiger partial charge in [0.15, 0.2) is 6.10 Å². The van der Waals surface area contributed by atoms with Crippen LogP contribution in [0.4, 0.5) is 0 Å². The Bertz CT molecular complexity index is 1010. The Morgan fingerprint density at radius 2 is 0.763 bits per heavy atom. The van der Waals surface area contributed by atoms with E-state index in [1.54, 1.807) is 0 Å². The highest BCUT2D eigenvalue weighted by atomic mass is 31.2. The fourth-order valence-electron chi connectivity index (χ4n) is 7.47. The maximum Gasteiger partial charge on any atom is 0.469 e. The predicted octanol–water partition coefficient (Wildman–Crippen LogP) is 15.9. The number of unbranched alkanes of at least 4 members (excludes halogenated alkanes) is 33. The van der Waals surface area contributed by atoms with Crippen LogP contribution in [0.1, 0.15) is 264 Å². The molecule has 8 nitrogen and oxygen atoms in total. The summed E-state index contributed by atoms with van der Waals surface area (Å²) in [5.74, 6) is -0.879. The molecule has 2 N–H and O–H groups in total. The number of ether oxygens (including phenoxy) is 2. The number of allylic oxidation sites excluding steroid dienone is 4. The van der Waals surface area contributed by atoms with Gasteiger partial charge in [-0.15, -0.1) is 0 Å². The standard InChI is InChI=1S/C50H95O8P/c1-3-5-7-9-11-13-15-17-19-21-23-24-25-26-27-29-30-32-34-36-38-40-42-44-49(51)56-46-48(47-57-59(53,54)55)58-50(52)45-43-41-39-37-35-33-31-28-22-20-18-16-14-12-10-8-6-4-2/h14,16,20,22,48H,3-13,15,17-19,21,23-47H2,1-2H3,(H2,53,54,55)/b16-14-,22-20-. The monoisotopic (exact) mass is 855 g/mol. The summed E-state index contributed by atoms with van der Waals surface area (Å²) in [7, 11) is -4.76. The molecule has 0 heterocycles. The Morgan fingerprint density at radius 1 is 0.441 bits per heavy atom. The third-order valence-corrected chi connectivity index (χ3v) is 11.7. The molecule has 0 aliphatic rings. The van der Waals surface area contributed by atoms with E-state index in [9.17, 15) is 14.2 Å². The SMILES string of the molecule is CCCCCC/C=C\C/C=C\CCCCCCCCCC(=O)OC(COC(=O)CCCCCCCCCCCCCCCCCCCCCCCCC)COP(=O)(O)O. The molecule has 0 aliphatic heterocycles. The van der Waals surface area contributed by atoms with Crippen LogP contribution < -0.4 is 0 Å². The van der Waals surface area contributed by atoms with Crippen molar-refractivity contribution in [2.45, 2.75) is 270 Å². The number of rotatable bonds is 47. The van der Waals surface area contributed by atoms with Crippen LogP contribution in [0.15, 0.2) is 24.3 Å². The Balaban J connectivity index is 3.79. The summed E-state index contributed by atoms with van der Waals surface area (Å²) in [6.07, 6.45) is 54.8. The zero-order chi connectivity index (χ0) is 43.2. The average molecular weight is 855 g/mol. The lowest BCUT2D eigenvalue weighted by atomic mass is 10.0. The highest BCUT2D eigenvalue weighted by molar-refractivity contribution is 7.46. The molecule has 0 bridgehead atoms. The number of phosphoric acid groups is 1. The number of phosphoric ester groups is 1. The summed E-state index contributed by atoms with van der Waals surface area (Å²) in [6.45, 7) is 3.71. The number of hydrogen-bond donors (Lipinski definition) is 2. The van der Waals surface area contributed by atoms with Crippen LogP contribution in [0, 0.1) is 0 Å². The number of esters is 2. The summed E-state index contributed by atoms with van der Waals surface area (Å²) < 4.78 is 26.5. The van der Waals surface area contributed by atoms with Crippen LogP contribution >= 0.6 is 7.82 Å². The lowest BCUT2D eigenvalue weighted by Crippen LogP contribution is -2.29. The third-order valence-electron chi connectivity index (χ3n) is 11.2. The van der Waals surface area contributed by atoms with Gasteiger partial charge >= 0.3 is 19.8 Å². The van der Waals surface area contributed by atoms with Crippen molar-refractivity contribution in [3.05, 3.63) is 24.3 Å². The van der Waals surface area contributed by atoms with Crippen LogP contribution in [0.25, 0.3) is 0 Å². The molecule has 0 aromatic rings. The Hall–Kier alpha value is -1.47. The van der Waals surface area contributed by atoms with Crippen LogP contribution in [-0.4, -0.2) is 41.0 Å². The molecule has 0 saturated heterocycles. The predicted molar refractivity (Wildman–Crippen MR) is 249 cm³/mol. The highest BCUT2D eigenvalue weighted by Gasteiger charge is 2.23. The van der Waals surface area contributed by atoms with Gasteiger partial charge in [0.2, 0.25) is 0 Å². The van der Waals surface area contributed by atoms with Gasteiger partial charge in [-0.1, -0.05) is 231 Å². The summed E-state index contributed by atoms with van der Waals surface area (Å²) in [6, 6.07) is 0. The van der Waals surface area contributed by atoms with Gasteiger partial charge in [-0.05, 0) is 44.9 Å². The lowest BCUT2D eigenvalue weighted by Gasteiger charge is -2.18. The van der Waals surface area contributed by atoms with Crippen LogP contribution in [0.3, 0.4) is 0 Å². The first-order chi connectivity index (χ1) is 28.8. The summed E-state index contributed by atoms with van der Waals surface area (Å²) in [5, 5.41) is 0. The second kappa shape index (κ2) is 46.0. The van der Waals surface area contributed by atoms with E-state index in [0.29, 0.717) is 6.42 Å². The van der Waals surface area contributed by atoms with Crippen molar-refractivity contribution in [3.8, 4) is 0 Å². The zero-order valence-corrected chi connectivity index (χ0v) is 39.6. The van der Waals surface area contributed by atoms with E-state index in [1.165, 1.54) is 180 Å². The molecule has 348 valence electrons. The molecule has 0 aromatic carbocycles. The molecule has 0 spiro atoms. The van der Waals surface area contributed by atoms with Gasteiger partial charge in [0.05, 0.1) is 6.61 Å². The van der Waals surface area contributed by atoms with Crippen LogP contribution in [0.2, 0.25) is 0 Å². The normalized spacial score (nSPS) is 12.5. The molecule has 0 rings (SSSR count). The van der Waals surface area contributed by atoms with Gasteiger partial charge < -0.3 is 19.3 Å². The topological polar surface area (TPSA) is 119 Å². The van der Waals surface area contributed by atoms with Gasteiger partial charge in [0.25, 0.3) is 0 Å². The van der Waals surface area contributed by atoms with Crippen molar-refractivity contribution in [1.29, 1.82) is 0 Å². The Labute approximate surface area is 364 Å². The van der Waals surface area contributed by atoms with Crippen LogP contribution in [-0.2, 0) is 28.2 Å². The van der Waals surface area contributed by atoms with Crippen molar-refractivity contribution in [3.63, 3.8) is 0 Å². The first kappa shape index (κ1) is 57.5. The van der Waals surface area contributed by atoms with E-state index in [-0.39, 0.29) is 19.4 Å². The minimum atomic E-state index is -4.76. The van der Waals surface area contributed by atoms with Gasteiger partial charge in [-0.3, -0.25) is 14.1 Å². The first-order valence-corrected chi connectivity index (χ1v) is 26.7. The van der Waals surface area contributed by atoms with Crippen molar-refractivity contribution < 1.29 is 37.9 Å². The average Bonchev–Trinajstić information content (AvgIpc) is 3.21. The molecule has 0 aliphatic carbocycles. The number of carbonyl (C=O) groups is 2. The fraction of sp³-hybridized carbons (Fsp3) is 0.880. The zero-order valence-electron chi connectivity index (χ0n) is 38.7. The maximum absolute atomic E-state index is 12.5. The molecule has 59 heavy (non-hydrogen) atoms. The van der Waals surface area contributed by atoms with E-state index in [1.807, 2.05) is 0 Å². The Kier molecular flexibility index (Phi) is 44.9. The van der Waals surface area contributed by atoms with E-state index < -0.39 is 32.5 Å². The molecule has 0 aromatic heterocycles. The van der Waals surface area contributed by atoms with Gasteiger partial charge in [0.1, 0.15) is 6.61 Å². The smallest absolute Gasteiger partial charge is 0.462 e. The molecular formula is C50H95O8P. The third kappa shape index (κ3) is 49.1. The molecule has 0 radical (unpaired) electrons. The number of carbonyl (C=O) groups excluding carboxylic acids is 2. The summed E-state index contributed by atoms with van der Waals surface area (Å²) in [5.41, 5.74) is 0. The van der Waals surface area contributed by atoms with Crippen molar-refractivity contribution in [1.82, 2.24) is 0 Å². The largest absolute Gasteiger partial charge is 0.469 e.